The van der Waals surface area contributed by atoms with Crippen molar-refractivity contribution < 1.29 is 18.3 Å². The molecule has 0 radical (unpaired) electrons. The highest BCUT2D eigenvalue weighted by Gasteiger charge is 2.29. The van der Waals surface area contributed by atoms with Crippen molar-refractivity contribution in [1.82, 2.24) is 4.31 Å². The monoisotopic (exact) mass is 432 g/mol. The average Bonchev–Trinajstić information content (AvgIpc) is 2.63. The molecule has 0 aliphatic heterocycles. The summed E-state index contributed by atoms with van der Waals surface area (Å²) in [6.45, 7) is 2.84. The number of nitrogens with one attached hydrogen (secondary N) is 1. The van der Waals surface area contributed by atoms with E-state index in [0.29, 0.717) is 29.7 Å². The highest BCUT2D eigenvalue weighted by molar-refractivity contribution is 7.89. The van der Waals surface area contributed by atoms with Gasteiger partial charge >= 0.3 is 0 Å². The van der Waals surface area contributed by atoms with Crippen molar-refractivity contribution in [3.8, 4) is 0 Å². The fraction of sp³-hybridized carbons (Fsp3) is 0.700. The molecule has 28 heavy (non-hydrogen) atoms. The maximum atomic E-state index is 13.3. The van der Waals surface area contributed by atoms with Crippen molar-refractivity contribution in [2.45, 2.75) is 56.4 Å². The summed E-state index contributed by atoms with van der Waals surface area (Å²) in [5, 5.41) is 13.0. The van der Waals surface area contributed by atoms with Crippen molar-refractivity contribution in [2.75, 3.05) is 38.7 Å². The van der Waals surface area contributed by atoms with Crippen LogP contribution in [-0.4, -0.2) is 57.3 Å². The number of nitrogens with zero attached hydrogens (tertiary/aromatic N) is 1. The number of ether oxygens (including phenoxy) is 1. The van der Waals surface area contributed by atoms with E-state index in [1.807, 2.05) is 0 Å². The van der Waals surface area contributed by atoms with Crippen LogP contribution in [0.5, 0.6) is 0 Å². The van der Waals surface area contributed by atoms with E-state index in [1.165, 1.54) is 16.8 Å². The van der Waals surface area contributed by atoms with E-state index < -0.39 is 10.0 Å². The van der Waals surface area contributed by atoms with Crippen LogP contribution in [0.2, 0.25) is 5.02 Å². The minimum Gasteiger partial charge on any atom is -0.395 e. The van der Waals surface area contributed by atoms with Gasteiger partial charge in [-0.15, -0.1) is 0 Å². The zero-order valence-corrected chi connectivity index (χ0v) is 18.4. The molecule has 1 aromatic rings. The van der Waals surface area contributed by atoms with Crippen LogP contribution in [0.1, 0.15) is 45.4 Å². The summed E-state index contributed by atoms with van der Waals surface area (Å²) in [5.41, 5.74) is 0.518. The fourth-order valence-electron chi connectivity index (χ4n) is 3.46. The van der Waals surface area contributed by atoms with Crippen LogP contribution in [0.15, 0.2) is 23.1 Å². The number of sulfonamides is 1. The zero-order valence-electron chi connectivity index (χ0n) is 16.9. The van der Waals surface area contributed by atoms with Gasteiger partial charge in [0.2, 0.25) is 10.0 Å². The number of aliphatic hydroxyl groups is 1. The number of anilines is 1. The van der Waals surface area contributed by atoms with Crippen molar-refractivity contribution in [1.29, 1.82) is 0 Å². The van der Waals surface area contributed by atoms with Gasteiger partial charge in [-0.2, -0.15) is 4.31 Å². The lowest BCUT2D eigenvalue weighted by molar-refractivity contribution is 0.0288. The van der Waals surface area contributed by atoms with E-state index in [2.05, 4.69) is 12.2 Å². The summed E-state index contributed by atoms with van der Waals surface area (Å²) in [6.07, 6.45) is 6.26. The summed E-state index contributed by atoms with van der Waals surface area (Å²) in [5.74, 6) is 0.518. The molecule has 1 aliphatic carbocycles. The predicted molar refractivity (Wildman–Crippen MR) is 113 cm³/mol. The van der Waals surface area contributed by atoms with Crippen molar-refractivity contribution in [3.63, 3.8) is 0 Å². The van der Waals surface area contributed by atoms with Gasteiger partial charge in [-0.25, -0.2) is 8.42 Å². The number of benzene rings is 1. The van der Waals surface area contributed by atoms with Crippen LogP contribution in [0.3, 0.4) is 0 Å². The lowest BCUT2D eigenvalue weighted by Gasteiger charge is -2.33. The number of aliphatic hydroxyl groups excluding tert-OH is 1. The van der Waals surface area contributed by atoms with Gasteiger partial charge in [0.05, 0.1) is 18.4 Å². The first-order valence-electron chi connectivity index (χ1n) is 10.1. The van der Waals surface area contributed by atoms with E-state index >= 15 is 0 Å². The summed E-state index contributed by atoms with van der Waals surface area (Å²) in [4.78, 5) is 0.147. The molecule has 1 unspecified atom stereocenters. The minimum absolute atomic E-state index is 0.0538. The van der Waals surface area contributed by atoms with Crippen LogP contribution >= 0.6 is 11.6 Å². The molecule has 1 saturated carbocycles. The van der Waals surface area contributed by atoms with Gasteiger partial charge in [0.1, 0.15) is 4.90 Å². The fourth-order valence-corrected chi connectivity index (χ4v) is 5.36. The van der Waals surface area contributed by atoms with Crippen LogP contribution in [0.25, 0.3) is 0 Å². The van der Waals surface area contributed by atoms with Gasteiger partial charge in [0.15, 0.2) is 0 Å². The Kier molecular flexibility index (Phi) is 9.50. The Morgan fingerprint density at radius 1 is 1.32 bits per heavy atom. The SMILES string of the molecule is CCCCCN(CCO)S(=O)(=O)c1cc(Cl)ccc1NCC(OC)C1CCC1. The second-order valence-corrected chi connectivity index (χ2v) is 9.66. The van der Waals surface area contributed by atoms with E-state index in [1.54, 1.807) is 19.2 Å². The van der Waals surface area contributed by atoms with Crippen LogP contribution in [0, 0.1) is 5.92 Å². The summed E-state index contributed by atoms with van der Waals surface area (Å²) >= 11 is 6.12. The molecule has 8 heteroatoms. The highest BCUT2D eigenvalue weighted by Crippen LogP contribution is 2.32. The van der Waals surface area contributed by atoms with Crippen LogP contribution < -0.4 is 5.32 Å². The largest absolute Gasteiger partial charge is 0.395 e. The Labute approximate surface area is 174 Å². The highest BCUT2D eigenvalue weighted by atomic mass is 35.5. The first kappa shape index (κ1) is 23.4. The van der Waals surface area contributed by atoms with Crippen molar-refractivity contribution in [2.24, 2.45) is 5.92 Å². The molecule has 1 atom stereocenters. The third-order valence-electron chi connectivity index (χ3n) is 5.39. The molecule has 0 saturated heterocycles. The molecule has 2 rings (SSSR count). The number of methoxy groups -OCH3 is 1. The van der Waals surface area contributed by atoms with Crippen molar-refractivity contribution in [3.05, 3.63) is 23.2 Å². The van der Waals surface area contributed by atoms with Crippen LogP contribution in [0.4, 0.5) is 5.69 Å². The number of halogens is 1. The first-order chi connectivity index (χ1) is 13.4. The molecule has 2 N–H and O–H groups in total. The molecular formula is C20H33ClN2O4S. The summed E-state index contributed by atoms with van der Waals surface area (Å²) in [7, 11) is -2.08. The molecule has 1 aliphatic rings. The second kappa shape index (κ2) is 11.4. The van der Waals surface area contributed by atoms with Gasteiger partial charge in [-0.05, 0) is 43.4 Å². The van der Waals surface area contributed by atoms with E-state index in [9.17, 15) is 13.5 Å². The Morgan fingerprint density at radius 2 is 2.07 bits per heavy atom. The molecule has 1 aromatic carbocycles. The third-order valence-corrected chi connectivity index (χ3v) is 7.57. The Morgan fingerprint density at radius 3 is 2.64 bits per heavy atom. The molecular weight excluding hydrogens is 400 g/mol. The number of rotatable bonds is 13. The molecule has 0 spiro atoms. The molecule has 160 valence electrons. The average molecular weight is 433 g/mol. The van der Waals surface area contributed by atoms with Gasteiger partial charge in [-0.3, -0.25) is 0 Å². The van der Waals surface area contributed by atoms with E-state index in [-0.39, 0.29) is 24.2 Å². The number of hydrogen-bond acceptors (Lipinski definition) is 5. The topological polar surface area (TPSA) is 78.9 Å². The Bertz CT molecular complexity index is 710. The molecule has 0 bridgehead atoms. The zero-order chi connectivity index (χ0) is 20.6. The normalized spacial score (nSPS) is 16.2. The second-order valence-electron chi connectivity index (χ2n) is 7.32. The minimum atomic E-state index is -3.78. The molecule has 1 fully saturated rings. The lowest BCUT2D eigenvalue weighted by atomic mass is 9.81. The van der Waals surface area contributed by atoms with Gasteiger partial charge < -0.3 is 15.2 Å². The molecule has 0 aromatic heterocycles. The molecule has 6 nitrogen and oxygen atoms in total. The molecule has 0 amide bonds. The van der Waals surface area contributed by atoms with Crippen LogP contribution in [-0.2, 0) is 14.8 Å². The summed E-state index contributed by atoms with van der Waals surface area (Å²) < 4.78 is 33.5. The maximum Gasteiger partial charge on any atom is 0.245 e. The molecule has 0 heterocycles. The van der Waals surface area contributed by atoms with Gasteiger partial charge in [0.25, 0.3) is 0 Å². The number of unbranched alkanes of at least 4 members (excludes halogenated alkanes) is 2. The van der Waals surface area contributed by atoms with Crippen molar-refractivity contribution >= 4 is 27.3 Å². The Balaban J connectivity index is 2.22. The third kappa shape index (κ3) is 6.07. The standard InChI is InChI=1S/C20H33ClN2O4S/c1-3-4-5-11-23(12-13-24)28(25,26)20-14-17(21)9-10-18(20)22-15-19(27-2)16-7-6-8-16/h9-10,14,16,19,22,24H,3-8,11-13,15H2,1-2H3. The summed E-state index contributed by atoms with van der Waals surface area (Å²) in [6, 6.07) is 4.86. The van der Waals surface area contributed by atoms with E-state index in [4.69, 9.17) is 16.3 Å². The predicted octanol–water partition coefficient (Wildman–Crippen LogP) is 3.74. The van der Waals surface area contributed by atoms with E-state index in [0.717, 1.165) is 32.1 Å². The van der Waals surface area contributed by atoms with Gasteiger partial charge in [0, 0.05) is 31.8 Å². The first-order valence-corrected chi connectivity index (χ1v) is 11.9. The van der Waals surface area contributed by atoms with Gasteiger partial charge in [-0.1, -0.05) is 37.8 Å². The number of hydrogen-bond donors (Lipinski definition) is 2. The lowest BCUT2D eigenvalue weighted by Crippen LogP contribution is -2.36. The Hall–Kier alpha value is -0.860. The quantitative estimate of drug-likeness (QED) is 0.464. The maximum absolute atomic E-state index is 13.3. The smallest absolute Gasteiger partial charge is 0.245 e.